The predicted molar refractivity (Wildman–Crippen MR) is 119 cm³/mol. The number of nitro benzene ring substituents is 1. The molecule has 0 saturated carbocycles. The standard InChI is InChI=1S/C21H24N4O7S/c1-14-7-9-18(10-8-14)33(31,32)24(15-5-4-6-16(11-15)25(29)30)13-17(26)12-23-19(27)21(2,3)22-20(23)28/h4-11,17,26H,12-13H2,1-3H3,(H,22,28)/t17-/m1/s1. The second-order valence-corrected chi connectivity index (χ2v) is 10.1. The summed E-state index contributed by atoms with van der Waals surface area (Å²) < 4.78 is 27.7. The molecule has 0 aliphatic carbocycles. The molecule has 12 heteroatoms. The van der Waals surface area contributed by atoms with Gasteiger partial charge in [0.05, 0.1) is 34.7 Å². The molecule has 1 saturated heterocycles. The fraction of sp³-hybridized carbons (Fsp3) is 0.333. The number of β-amino-alcohol motifs (C(OH)–C–C–N with tert-alkyl or cyclic N) is 1. The van der Waals surface area contributed by atoms with Gasteiger partial charge in [0.1, 0.15) is 5.54 Å². The molecule has 3 rings (SSSR count). The number of aliphatic hydroxyl groups excluding tert-OH is 1. The summed E-state index contributed by atoms with van der Waals surface area (Å²) in [7, 11) is -4.25. The van der Waals surface area contributed by atoms with Gasteiger partial charge in [-0.15, -0.1) is 0 Å². The lowest BCUT2D eigenvalue weighted by Gasteiger charge is -2.28. The van der Waals surface area contributed by atoms with Crippen molar-refractivity contribution in [2.24, 2.45) is 0 Å². The number of hydrogen-bond donors (Lipinski definition) is 2. The van der Waals surface area contributed by atoms with Gasteiger partial charge in [0, 0.05) is 12.1 Å². The summed E-state index contributed by atoms with van der Waals surface area (Å²) in [5.74, 6) is -0.560. The lowest BCUT2D eigenvalue weighted by atomic mass is 10.1. The van der Waals surface area contributed by atoms with E-state index < -0.39 is 51.6 Å². The van der Waals surface area contributed by atoms with Crippen molar-refractivity contribution in [2.45, 2.75) is 37.3 Å². The van der Waals surface area contributed by atoms with Crippen LogP contribution in [0.5, 0.6) is 0 Å². The lowest BCUT2D eigenvalue weighted by Crippen LogP contribution is -2.45. The molecule has 0 radical (unpaired) electrons. The summed E-state index contributed by atoms with van der Waals surface area (Å²) in [6.45, 7) is 3.81. The summed E-state index contributed by atoms with van der Waals surface area (Å²) in [6.07, 6.45) is -1.46. The van der Waals surface area contributed by atoms with Crippen LogP contribution in [0.25, 0.3) is 0 Å². The van der Waals surface area contributed by atoms with E-state index in [0.29, 0.717) is 0 Å². The quantitative estimate of drug-likeness (QED) is 0.335. The highest BCUT2D eigenvalue weighted by molar-refractivity contribution is 7.92. The number of carbonyl (C=O) groups excluding carboxylic acids is 2. The van der Waals surface area contributed by atoms with Crippen molar-refractivity contribution >= 4 is 33.3 Å². The minimum atomic E-state index is -4.25. The summed E-state index contributed by atoms with van der Waals surface area (Å²) in [5.41, 5.74) is -0.690. The highest BCUT2D eigenvalue weighted by atomic mass is 32.2. The van der Waals surface area contributed by atoms with Gasteiger partial charge >= 0.3 is 6.03 Å². The summed E-state index contributed by atoms with van der Waals surface area (Å²) in [5, 5.41) is 24.4. The van der Waals surface area contributed by atoms with Gasteiger partial charge in [-0.1, -0.05) is 23.8 Å². The van der Waals surface area contributed by atoms with Gasteiger partial charge in [-0.3, -0.25) is 24.1 Å². The second-order valence-electron chi connectivity index (χ2n) is 8.25. The Morgan fingerprint density at radius 2 is 1.82 bits per heavy atom. The largest absolute Gasteiger partial charge is 0.389 e. The average molecular weight is 477 g/mol. The van der Waals surface area contributed by atoms with Gasteiger partial charge in [0.15, 0.2) is 0 Å². The Morgan fingerprint density at radius 3 is 2.36 bits per heavy atom. The molecule has 1 aliphatic rings. The Morgan fingerprint density at radius 1 is 1.18 bits per heavy atom. The molecule has 2 N–H and O–H groups in total. The molecule has 0 aromatic heterocycles. The van der Waals surface area contributed by atoms with Crippen molar-refractivity contribution in [3.8, 4) is 0 Å². The number of sulfonamides is 1. The van der Waals surface area contributed by atoms with Gasteiger partial charge in [0.25, 0.3) is 21.6 Å². The van der Waals surface area contributed by atoms with Crippen LogP contribution in [0.2, 0.25) is 0 Å². The van der Waals surface area contributed by atoms with Gasteiger partial charge < -0.3 is 10.4 Å². The van der Waals surface area contributed by atoms with Crippen molar-refractivity contribution in [1.29, 1.82) is 0 Å². The second kappa shape index (κ2) is 8.79. The SMILES string of the molecule is Cc1ccc(S(=O)(=O)N(C[C@H](O)CN2C(=O)NC(C)(C)C2=O)c2cccc([N+](=O)[O-])c2)cc1. The lowest BCUT2D eigenvalue weighted by molar-refractivity contribution is -0.384. The average Bonchev–Trinajstić information content (AvgIpc) is 2.93. The molecule has 176 valence electrons. The monoisotopic (exact) mass is 476 g/mol. The van der Waals surface area contributed by atoms with Crippen molar-refractivity contribution in [1.82, 2.24) is 10.2 Å². The Bertz CT molecular complexity index is 1200. The fourth-order valence-corrected chi connectivity index (χ4v) is 4.88. The molecular formula is C21H24N4O7S. The molecule has 33 heavy (non-hydrogen) atoms. The summed E-state index contributed by atoms with van der Waals surface area (Å²) >= 11 is 0. The molecule has 1 aliphatic heterocycles. The van der Waals surface area contributed by atoms with Crippen LogP contribution in [0.4, 0.5) is 16.2 Å². The number of benzene rings is 2. The van der Waals surface area contributed by atoms with Gasteiger partial charge in [0.2, 0.25) is 0 Å². The van der Waals surface area contributed by atoms with Crippen LogP contribution >= 0.6 is 0 Å². The van der Waals surface area contributed by atoms with Crippen LogP contribution in [0.3, 0.4) is 0 Å². The van der Waals surface area contributed by atoms with Crippen molar-refractivity contribution in [2.75, 3.05) is 17.4 Å². The maximum Gasteiger partial charge on any atom is 0.325 e. The van der Waals surface area contributed by atoms with E-state index in [-0.39, 0.29) is 16.3 Å². The normalized spacial score (nSPS) is 16.4. The number of carbonyl (C=O) groups is 2. The highest BCUT2D eigenvalue weighted by Gasteiger charge is 2.45. The fourth-order valence-electron chi connectivity index (χ4n) is 3.39. The number of nitro groups is 1. The zero-order chi connectivity index (χ0) is 24.6. The van der Waals surface area contributed by atoms with Crippen LogP contribution in [-0.4, -0.2) is 60.0 Å². The van der Waals surface area contributed by atoms with Crippen LogP contribution in [0.15, 0.2) is 53.4 Å². The minimum absolute atomic E-state index is 0.0404. The van der Waals surface area contributed by atoms with Gasteiger partial charge in [-0.05, 0) is 39.0 Å². The maximum atomic E-state index is 13.4. The van der Waals surface area contributed by atoms with E-state index in [4.69, 9.17) is 0 Å². The molecular weight excluding hydrogens is 452 g/mol. The van der Waals surface area contributed by atoms with Crippen molar-refractivity contribution in [3.63, 3.8) is 0 Å². The highest BCUT2D eigenvalue weighted by Crippen LogP contribution is 2.28. The number of rotatable bonds is 8. The first-order valence-electron chi connectivity index (χ1n) is 9.99. The first-order valence-corrected chi connectivity index (χ1v) is 11.4. The number of amides is 3. The third kappa shape index (κ3) is 4.96. The van der Waals surface area contributed by atoms with E-state index in [0.717, 1.165) is 20.8 Å². The molecule has 1 atom stereocenters. The third-order valence-corrected chi connectivity index (χ3v) is 6.96. The van der Waals surface area contributed by atoms with Crippen molar-refractivity contribution < 1.29 is 28.0 Å². The van der Waals surface area contributed by atoms with Crippen LogP contribution < -0.4 is 9.62 Å². The first kappa shape index (κ1) is 24.1. The number of imide groups is 1. The topological polar surface area (TPSA) is 150 Å². The number of anilines is 1. The Hall–Kier alpha value is -3.51. The molecule has 2 aromatic rings. The van der Waals surface area contributed by atoms with E-state index in [2.05, 4.69) is 5.32 Å². The predicted octanol–water partition coefficient (Wildman–Crippen LogP) is 1.79. The van der Waals surface area contributed by atoms with E-state index in [1.165, 1.54) is 44.2 Å². The van der Waals surface area contributed by atoms with E-state index >= 15 is 0 Å². The number of non-ortho nitro benzene ring substituents is 1. The Balaban J connectivity index is 1.96. The number of urea groups is 1. The van der Waals surface area contributed by atoms with Crippen LogP contribution in [0, 0.1) is 17.0 Å². The smallest absolute Gasteiger partial charge is 0.325 e. The minimum Gasteiger partial charge on any atom is -0.389 e. The van der Waals surface area contributed by atoms with Gasteiger partial charge in [-0.2, -0.15) is 0 Å². The number of nitrogens with zero attached hydrogens (tertiary/aromatic N) is 3. The molecule has 3 amide bonds. The molecule has 0 bridgehead atoms. The Labute approximate surface area is 190 Å². The van der Waals surface area contributed by atoms with Gasteiger partial charge in [-0.25, -0.2) is 13.2 Å². The number of hydrogen-bond acceptors (Lipinski definition) is 7. The molecule has 0 spiro atoms. The summed E-state index contributed by atoms with van der Waals surface area (Å²) in [4.78, 5) is 35.9. The van der Waals surface area contributed by atoms with Crippen LogP contribution in [0.1, 0.15) is 19.4 Å². The van der Waals surface area contributed by atoms with E-state index in [1.807, 2.05) is 0 Å². The van der Waals surface area contributed by atoms with Crippen molar-refractivity contribution in [3.05, 3.63) is 64.2 Å². The van der Waals surface area contributed by atoms with E-state index in [1.54, 1.807) is 19.1 Å². The first-order chi connectivity index (χ1) is 15.3. The number of aliphatic hydroxyl groups is 1. The third-order valence-electron chi connectivity index (χ3n) is 5.15. The molecule has 1 heterocycles. The molecule has 11 nitrogen and oxygen atoms in total. The maximum absolute atomic E-state index is 13.4. The molecule has 0 unspecified atom stereocenters. The molecule has 2 aromatic carbocycles. The summed E-state index contributed by atoms with van der Waals surface area (Å²) in [6, 6.07) is 10.3. The number of aryl methyl sites for hydroxylation is 1. The number of nitrogens with one attached hydrogen (secondary N) is 1. The van der Waals surface area contributed by atoms with Crippen LogP contribution in [-0.2, 0) is 14.8 Å². The zero-order valence-corrected chi connectivity index (χ0v) is 19.1. The zero-order valence-electron chi connectivity index (χ0n) is 18.3. The van der Waals surface area contributed by atoms with E-state index in [9.17, 15) is 33.2 Å². The molecule has 1 fully saturated rings. The Kier molecular flexibility index (Phi) is 6.43.